The number of hydrogen-bond donors (Lipinski definition) is 1. The van der Waals surface area contributed by atoms with E-state index in [1.165, 1.54) is 29.0 Å². The Kier molecular flexibility index (Phi) is 2.53. The molecule has 1 aliphatic heterocycles. The standard InChI is InChI=1S/C12H15N3S/c13-8-9-12(11-5-3-7-16-11)10-4-1-2-6-15(10)14-9/h3,5,7H,1-2,4,6,8,13H2. The van der Waals surface area contributed by atoms with E-state index < -0.39 is 0 Å². The maximum absolute atomic E-state index is 5.80. The van der Waals surface area contributed by atoms with Crippen LogP contribution < -0.4 is 5.73 Å². The molecule has 0 saturated carbocycles. The Labute approximate surface area is 98.9 Å². The zero-order chi connectivity index (χ0) is 11.0. The van der Waals surface area contributed by atoms with Crippen LogP contribution in [0.2, 0.25) is 0 Å². The predicted octanol–water partition coefficient (Wildman–Crippen LogP) is 2.41. The lowest BCUT2D eigenvalue weighted by molar-refractivity contribution is 0.484. The summed E-state index contributed by atoms with van der Waals surface area (Å²) in [6.45, 7) is 1.58. The number of thiophene rings is 1. The summed E-state index contributed by atoms with van der Waals surface area (Å²) in [7, 11) is 0. The summed E-state index contributed by atoms with van der Waals surface area (Å²) >= 11 is 1.77. The van der Waals surface area contributed by atoms with Gasteiger partial charge >= 0.3 is 0 Å². The van der Waals surface area contributed by atoms with Crippen LogP contribution in [0.3, 0.4) is 0 Å². The van der Waals surface area contributed by atoms with Gasteiger partial charge in [-0.25, -0.2) is 0 Å². The largest absolute Gasteiger partial charge is 0.325 e. The molecule has 2 N–H and O–H groups in total. The van der Waals surface area contributed by atoms with Gasteiger partial charge in [0, 0.05) is 29.2 Å². The van der Waals surface area contributed by atoms with Crippen molar-refractivity contribution in [2.24, 2.45) is 5.73 Å². The quantitative estimate of drug-likeness (QED) is 0.865. The molecule has 0 saturated heterocycles. The molecule has 3 nitrogen and oxygen atoms in total. The van der Waals surface area contributed by atoms with Gasteiger partial charge in [-0.1, -0.05) is 6.07 Å². The van der Waals surface area contributed by atoms with Crippen molar-refractivity contribution in [3.05, 3.63) is 28.9 Å². The first-order valence-electron chi connectivity index (χ1n) is 5.72. The summed E-state index contributed by atoms with van der Waals surface area (Å²) in [6, 6.07) is 4.25. The molecule has 0 fully saturated rings. The molecule has 0 aliphatic carbocycles. The first-order valence-corrected chi connectivity index (χ1v) is 6.60. The van der Waals surface area contributed by atoms with E-state index in [0.29, 0.717) is 6.54 Å². The van der Waals surface area contributed by atoms with Gasteiger partial charge in [-0.2, -0.15) is 5.10 Å². The molecule has 0 atom stereocenters. The average Bonchev–Trinajstić information content (AvgIpc) is 2.94. The Bertz CT molecular complexity index is 485. The van der Waals surface area contributed by atoms with Gasteiger partial charge in [0.1, 0.15) is 0 Å². The molecule has 0 radical (unpaired) electrons. The first kappa shape index (κ1) is 10.1. The number of nitrogens with two attached hydrogens (primary N) is 1. The van der Waals surface area contributed by atoms with Crippen molar-refractivity contribution in [1.82, 2.24) is 9.78 Å². The second kappa shape index (κ2) is 4.03. The van der Waals surface area contributed by atoms with E-state index in [2.05, 4.69) is 27.3 Å². The van der Waals surface area contributed by atoms with Gasteiger partial charge in [-0.05, 0) is 30.7 Å². The van der Waals surface area contributed by atoms with Crippen LogP contribution in [0, 0.1) is 0 Å². The smallest absolute Gasteiger partial charge is 0.0849 e. The van der Waals surface area contributed by atoms with Crippen LogP contribution in [0.1, 0.15) is 24.2 Å². The van der Waals surface area contributed by atoms with Crippen LogP contribution >= 0.6 is 11.3 Å². The summed E-state index contributed by atoms with van der Waals surface area (Å²) in [5, 5.41) is 6.74. The molecule has 0 amide bonds. The zero-order valence-electron chi connectivity index (χ0n) is 9.15. The molecule has 0 bridgehead atoms. The van der Waals surface area contributed by atoms with Crippen molar-refractivity contribution in [2.45, 2.75) is 32.4 Å². The van der Waals surface area contributed by atoms with Crippen LogP contribution in [0.5, 0.6) is 0 Å². The molecule has 2 aromatic heterocycles. The normalized spacial score (nSPS) is 15.1. The molecule has 0 aromatic carbocycles. The number of nitrogens with zero attached hydrogens (tertiary/aromatic N) is 2. The lowest BCUT2D eigenvalue weighted by Crippen LogP contribution is -2.11. The molecular formula is C12H15N3S. The van der Waals surface area contributed by atoms with Gasteiger partial charge in [0.25, 0.3) is 0 Å². The minimum Gasteiger partial charge on any atom is -0.325 e. The van der Waals surface area contributed by atoms with Crippen molar-refractivity contribution < 1.29 is 0 Å². The van der Waals surface area contributed by atoms with E-state index in [0.717, 1.165) is 18.7 Å². The Morgan fingerprint density at radius 1 is 1.44 bits per heavy atom. The van der Waals surface area contributed by atoms with E-state index in [-0.39, 0.29) is 0 Å². The Balaban J connectivity index is 2.18. The molecule has 2 aromatic rings. The maximum Gasteiger partial charge on any atom is 0.0849 e. The third-order valence-corrected chi connectivity index (χ3v) is 4.01. The van der Waals surface area contributed by atoms with Crippen molar-refractivity contribution in [3.63, 3.8) is 0 Å². The van der Waals surface area contributed by atoms with Crippen molar-refractivity contribution in [3.8, 4) is 10.4 Å². The summed E-state index contributed by atoms with van der Waals surface area (Å²) < 4.78 is 2.15. The summed E-state index contributed by atoms with van der Waals surface area (Å²) in [5.41, 5.74) is 9.54. The average molecular weight is 233 g/mol. The minimum absolute atomic E-state index is 0.535. The molecule has 84 valence electrons. The minimum atomic E-state index is 0.535. The highest BCUT2D eigenvalue weighted by Crippen LogP contribution is 2.33. The summed E-state index contributed by atoms with van der Waals surface area (Å²) in [5.74, 6) is 0. The third-order valence-electron chi connectivity index (χ3n) is 3.12. The molecule has 16 heavy (non-hydrogen) atoms. The first-order chi connectivity index (χ1) is 7.90. The number of fused-ring (bicyclic) bond motifs is 1. The highest BCUT2D eigenvalue weighted by atomic mass is 32.1. The van der Waals surface area contributed by atoms with E-state index in [4.69, 9.17) is 5.73 Å². The Hall–Kier alpha value is -1.13. The highest BCUT2D eigenvalue weighted by Gasteiger charge is 2.20. The Morgan fingerprint density at radius 3 is 3.12 bits per heavy atom. The molecular weight excluding hydrogens is 218 g/mol. The van der Waals surface area contributed by atoms with Gasteiger partial charge in [0.2, 0.25) is 0 Å². The van der Waals surface area contributed by atoms with Gasteiger partial charge in [-0.3, -0.25) is 4.68 Å². The number of rotatable bonds is 2. The van der Waals surface area contributed by atoms with Gasteiger partial charge in [0.15, 0.2) is 0 Å². The second-order valence-corrected chi connectivity index (χ2v) is 5.08. The second-order valence-electron chi connectivity index (χ2n) is 4.13. The van der Waals surface area contributed by atoms with Crippen LogP contribution in [0.15, 0.2) is 17.5 Å². The van der Waals surface area contributed by atoms with Crippen molar-refractivity contribution in [2.75, 3.05) is 0 Å². The monoisotopic (exact) mass is 233 g/mol. The fraction of sp³-hybridized carbons (Fsp3) is 0.417. The van der Waals surface area contributed by atoms with Crippen LogP contribution in [-0.2, 0) is 19.5 Å². The lowest BCUT2D eigenvalue weighted by Gasteiger charge is -2.14. The number of aryl methyl sites for hydroxylation is 1. The predicted molar refractivity (Wildman–Crippen MR) is 66.4 cm³/mol. The van der Waals surface area contributed by atoms with E-state index in [1.807, 2.05) is 0 Å². The molecule has 3 rings (SSSR count). The molecule has 3 heterocycles. The van der Waals surface area contributed by atoms with Gasteiger partial charge < -0.3 is 5.73 Å². The topological polar surface area (TPSA) is 43.8 Å². The van der Waals surface area contributed by atoms with E-state index in [9.17, 15) is 0 Å². The fourth-order valence-electron chi connectivity index (χ4n) is 2.39. The van der Waals surface area contributed by atoms with Crippen molar-refractivity contribution >= 4 is 11.3 Å². The molecule has 0 unspecified atom stereocenters. The van der Waals surface area contributed by atoms with E-state index >= 15 is 0 Å². The highest BCUT2D eigenvalue weighted by molar-refractivity contribution is 7.13. The van der Waals surface area contributed by atoms with Crippen LogP contribution in [0.4, 0.5) is 0 Å². The molecule has 1 aliphatic rings. The van der Waals surface area contributed by atoms with Gasteiger partial charge in [0.05, 0.1) is 5.69 Å². The number of aromatic nitrogens is 2. The van der Waals surface area contributed by atoms with Crippen molar-refractivity contribution in [1.29, 1.82) is 0 Å². The lowest BCUT2D eigenvalue weighted by atomic mass is 10.0. The van der Waals surface area contributed by atoms with Gasteiger partial charge in [-0.15, -0.1) is 11.3 Å². The maximum atomic E-state index is 5.80. The Morgan fingerprint density at radius 2 is 2.38 bits per heavy atom. The zero-order valence-corrected chi connectivity index (χ0v) is 9.96. The number of hydrogen-bond acceptors (Lipinski definition) is 3. The molecule has 0 spiro atoms. The molecule has 4 heteroatoms. The fourth-order valence-corrected chi connectivity index (χ4v) is 3.21. The van der Waals surface area contributed by atoms with Crippen LogP contribution in [0.25, 0.3) is 10.4 Å². The van der Waals surface area contributed by atoms with E-state index in [1.54, 1.807) is 11.3 Å². The SMILES string of the molecule is NCc1nn2c(c1-c1cccs1)CCCC2. The third kappa shape index (κ3) is 1.49. The van der Waals surface area contributed by atoms with Crippen LogP contribution in [-0.4, -0.2) is 9.78 Å². The summed E-state index contributed by atoms with van der Waals surface area (Å²) in [6.07, 6.45) is 3.65. The summed E-state index contributed by atoms with van der Waals surface area (Å²) in [4.78, 5) is 1.31.